The first-order chi connectivity index (χ1) is 9.08. The second-order valence-corrected chi connectivity index (χ2v) is 5.25. The van der Waals surface area contributed by atoms with Crippen molar-refractivity contribution < 1.29 is 4.79 Å². The Kier molecular flexibility index (Phi) is 6.67. The Morgan fingerprint density at radius 1 is 1.42 bits per heavy atom. The number of nitrogens with zero attached hydrogens (tertiary/aromatic N) is 3. The van der Waals surface area contributed by atoms with E-state index in [1.165, 1.54) is 12.8 Å². The van der Waals surface area contributed by atoms with Crippen LogP contribution >= 0.6 is 0 Å². The zero-order chi connectivity index (χ0) is 14.3. The molecule has 110 valence electrons. The fraction of sp³-hybridized carbons (Fsp3) is 0.857. The number of carbonyl (C=O) groups excluding carboxylic acids is 1. The van der Waals surface area contributed by atoms with Crippen LogP contribution in [0.5, 0.6) is 0 Å². The zero-order valence-corrected chi connectivity index (χ0v) is 12.6. The number of carbonyl (C=O) groups is 1. The lowest BCUT2D eigenvalue weighted by Gasteiger charge is -2.31. The lowest BCUT2D eigenvalue weighted by atomic mass is 10.0. The van der Waals surface area contributed by atoms with Crippen molar-refractivity contribution >= 4 is 11.9 Å². The van der Waals surface area contributed by atoms with Crippen LogP contribution in [0.1, 0.15) is 40.0 Å². The van der Waals surface area contributed by atoms with Crippen molar-refractivity contribution in [3.63, 3.8) is 0 Å². The third-order valence-electron chi connectivity index (χ3n) is 3.70. The Bertz CT molecular complexity index is 313. The molecular formula is C14H28N4O. The van der Waals surface area contributed by atoms with Gasteiger partial charge < -0.3 is 15.5 Å². The molecule has 5 heteroatoms. The van der Waals surface area contributed by atoms with Crippen LogP contribution in [-0.4, -0.2) is 54.4 Å². The van der Waals surface area contributed by atoms with Gasteiger partial charge in [-0.15, -0.1) is 0 Å². The van der Waals surface area contributed by atoms with Gasteiger partial charge in [-0.3, -0.25) is 9.79 Å². The van der Waals surface area contributed by atoms with Gasteiger partial charge in [0.2, 0.25) is 5.91 Å². The highest BCUT2D eigenvalue weighted by Gasteiger charge is 2.17. The van der Waals surface area contributed by atoms with Gasteiger partial charge in [0.25, 0.3) is 0 Å². The van der Waals surface area contributed by atoms with Gasteiger partial charge >= 0.3 is 0 Å². The summed E-state index contributed by atoms with van der Waals surface area (Å²) >= 11 is 0. The fourth-order valence-corrected chi connectivity index (χ4v) is 2.50. The average molecular weight is 268 g/mol. The van der Waals surface area contributed by atoms with E-state index in [4.69, 9.17) is 5.73 Å². The van der Waals surface area contributed by atoms with Crippen LogP contribution in [0.25, 0.3) is 0 Å². The third kappa shape index (κ3) is 5.09. The van der Waals surface area contributed by atoms with Crippen LogP contribution in [0.15, 0.2) is 4.99 Å². The largest absolute Gasteiger partial charge is 0.370 e. The second kappa shape index (κ2) is 8.02. The topological polar surface area (TPSA) is 61.9 Å². The molecule has 2 N–H and O–H groups in total. The first-order valence-corrected chi connectivity index (χ1v) is 7.41. The molecule has 19 heavy (non-hydrogen) atoms. The number of aliphatic imine (C=N–C) groups is 1. The Balaban J connectivity index is 2.37. The molecule has 1 atom stereocenters. The molecule has 0 aliphatic carbocycles. The van der Waals surface area contributed by atoms with Crippen LogP contribution in [0.2, 0.25) is 0 Å². The van der Waals surface area contributed by atoms with E-state index in [-0.39, 0.29) is 5.91 Å². The molecule has 0 aromatic carbocycles. The summed E-state index contributed by atoms with van der Waals surface area (Å²) in [4.78, 5) is 20.1. The molecule has 5 nitrogen and oxygen atoms in total. The summed E-state index contributed by atoms with van der Waals surface area (Å²) in [5, 5.41) is 0. The number of rotatable bonds is 5. The molecule has 1 aliphatic rings. The summed E-state index contributed by atoms with van der Waals surface area (Å²) < 4.78 is 0. The minimum atomic E-state index is 0.161. The van der Waals surface area contributed by atoms with Crippen molar-refractivity contribution in [2.45, 2.75) is 40.0 Å². The molecule has 1 heterocycles. The molecule has 0 radical (unpaired) electrons. The van der Waals surface area contributed by atoms with Gasteiger partial charge in [0.1, 0.15) is 0 Å². The van der Waals surface area contributed by atoms with Crippen molar-refractivity contribution in [1.82, 2.24) is 9.80 Å². The van der Waals surface area contributed by atoms with Crippen molar-refractivity contribution in [2.75, 3.05) is 32.7 Å². The van der Waals surface area contributed by atoms with E-state index in [1.54, 1.807) is 0 Å². The zero-order valence-electron chi connectivity index (χ0n) is 12.6. The van der Waals surface area contributed by atoms with E-state index in [0.29, 0.717) is 24.8 Å². The van der Waals surface area contributed by atoms with Crippen LogP contribution < -0.4 is 5.73 Å². The van der Waals surface area contributed by atoms with Crippen molar-refractivity contribution in [3.05, 3.63) is 0 Å². The van der Waals surface area contributed by atoms with Gasteiger partial charge in [-0.05, 0) is 32.6 Å². The summed E-state index contributed by atoms with van der Waals surface area (Å²) in [7, 11) is 0. The maximum absolute atomic E-state index is 11.8. The fourth-order valence-electron chi connectivity index (χ4n) is 2.50. The van der Waals surface area contributed by atoms with Crippen LogP contribution in [-0.2, 0) is 4.79 Å². The molecule has 1 fully saturated rings. The Morgan fingerprint density at radius 2 is 2.11 bits per heavy atom. The van der Waals surface area contributed by atoms with E-state index in [9.17, 15) is 4.79 Å². The lowest BCUT2D eigenvalue weighted by molar-refractivity contribution is -0.130. The standard InChI is InChI=1S/C14H28N4O/c1-4-17(5-2)13(19)8-9-16-14(15)18-10-6-7-12(3)11-18/h12H,4-11H2,1-3H3,(H2,15,16)/t12-/m0/s1. The van der Waals surface area contributed by atoms with Gasteiger partial charge in [-0.2, -0.15) is 0 Å². The first-order valence-electron chi connectivity index (χ1n) is 7.41. The first kappa shape index (κ1) is 15.8. The molecule has 0 saturated carbocycles. The van der Waals surface area contributed by atoms with Gasteiger partial charge in [-0.25, -0.2) is 0 Å². The van der Waals surface area contributed by atoms with Gasteiger partial charge in [-0.1, -0.05) is 6.92 Å². The molecule has 1 saturated heterocycles. The van der Waals surface area contributed by atoms with Crippen molar-refractivity contribution in [3.8, 4) is 0 Å². The SMILES string of the molecule is CCN(CC)C(=O)CCN=C(N)N1CCC[C@H](C)C1. The highest BCUT2D eigenvalue weighted by molar-refractivity contribution is 5.79. The quantitative estimate of drug-likeness (QED) is 0.604. The lowest BCUT2D eigenvalue weighted by Crippen LogP contribution is -2.43. The van der Waals surface area contributed by atoms with E-state index in [0.717, 1.165) is 26.2 Å². The third-order valence-corrected chi connectivity index (χ3v) is 3.70. The summed E-state index contributed by atoms with van der Waals surface area (Å²) in [5.74, 6) is 1.44. The number of amides is 1. The molecule has 0 bridgehead atoms. The maximum atomic E-state index is 11.8. The van der Waals surface area contributed by atoms with Crippen molar-refractivity contribution in [1.29, 1.82) is 0 Å². The Hall–Kier alpha value is -1.26. The summed E-state index contributed by atoms with van der Waals surface area (Å²) in [6.45, 7) is 10.2. The monoisotopic (exact) mass is 268 g/mol. The molecule has 0 aromatic rings. The van der Waals surface area contributed by atoms with Crippen LogP contribution in [0.4, 0.5) is 0 Å². The van der Waals surface area contributed by atoms with Crippen molar-refractivity contribution in [2.24, 2.45) is 16.6 Å². The van der Waals surface area contributed by atoms with Gasteiger partial charge in [0, 0.05) is 32.6 Å². The molecular weight excluding hydrogens is 240 g/mol. The van der Waals surface area contributed by atoms with Crippen LogP contribution in [0.3, 0.4) is 0 Å². The van der Waals surface area contributed by atoms with Crippen LogP contribution in [0, 0.1) is 5.92 Å². The minimum Gasteiger partial charge on any atom is -0.370 e. The van der Waals surface area contributed by atoms with Gasteiger partial charge in [0.15, 0.2) is 5.96 Å². The van der Waals surface area contributed by atoms with Gasteiger partial charge in [0.05, 0.1) is 6.54 Å². The Morgan fingerprint density at radius 3 is 2.68 bits per heavy atom. The van der Waals surface area contributed by atoms with E-state index >= 15 is 0 Å². The maximum Gasteiger partial charge on any atom is 0.224 e. The number of nitrogens with two attached hydrogens (primary N) is 1. The predicted octanol–water partition coefficient (Wildman–Crippen LogP) is 1.29. The average Bonchev–Trinajstić information content (AvgIpc) is 2.40. The smallest absolute Gasteiger partial charge is 0.224 e. The summed E-state index contributed by atoms with van der Waals surface area (Å²) in [5.41, 5.74) is 5.99. The number of guanidine groups is 1. The molecule has 1 amide bonds. The summed E-state index contributed by atoms with van der Waals surface area (Å²) in [6.07, 6.45) is 2.89. The summed E-state index contributed by atoms with van der Waals surface area (Å²) in [6, 6.07) is 0. The number of piperidine rings is 1. The highest BCUT2D eigenvalue weighted by atomic mass is 16.2. The Labute approximate surface area is 116 Å². The number of likely N-dealkylation sites (tertiary alicyclic amines) is 1. The van der Waals surface area contributed by atoms with E-state index in [2.05, 4.69) is 16.8 Å². The molecule has 1 aliphatic heterocycles. The predicted molar refractivity (Wildman–Crippen MR) is 79.0 cm³/mol. The van der Waals surface area contributed by atoms with E-state index < -0.39 is 0 Å². The normalized spacial score (nSPS) is 20.5. The molecule has 0 aromatic heterocycles. The molecule has 0 spiro atoms. The molecule has 0 unspecified atom stereocenters. The minimum absolute atomic E-state index is 0.161. The second-order valence-electron chi connectivity index (χ2n) is 5.25. The highest BCUT2D eigenvalue weighted by Crippen LogP contribution is 2.14. The number of hydrogen-bond acceptors (Lipinski definition) is 2. The van der Waals surface area contributed by atoms with E-state index in [1.807, 2.05) is 18.7 Å². The number of hydrogen-bond donors (Lipinski definition) is 1. The molecule has 1 rings (SSSR count).